The van der Waals surface area contributed by atoms with E-state index >= 15 is 0 Å². The number of rotatable bonds is 4. The first-order valence-electron chi connectivity index (χ1n) is 11.4. The number of anilines is 2. The van der Waals surface area contributed by atoms with E-state index in [-0.39, 0.29) is 5.62 Å². The van der Waals surface area contributed by atoms with Crippen molar-refractivity contribution in [2.45, 2.75) is 6.54 Å². The molecule has 0 unspecified atom stereocenters. The maximum absolute atomic E-state index is 8.34. The molecule has 0 spiro atoms. The summed E-state index contributed by atoms with van der Waals surface area (Å²) in [6.07, 6.45) is 3.58. The van der Waals surface area contributed by atoms with Crippen LogP contribution in [0.5, 0.6) is 5.88 Å². The molecule has 1 saturated heterocycles. The van der Waals surface area contributed by atoms with E-state index in [4.69, 9.17) is 15.1 Å². The molecule has 0 amide bonds. The summed E-state index contributed by atoms with van der Waals surface area (Å²) in [5, 5.41) is 15.2. The van der Waals surface area contributed by atoms with Gasteiger partial charge in [0.05, 0.1) is 18.4 Å². The van der Waals surface area contributed by atoms with Crippen molar-refractivity contribution in [2.24, 2.45) is 0 Å². The van der Waals surface area contributed by atoms with Gasteiger partial charge in [-0.3, -0.25) is 10.4 Å². The van der Waals surface area contributed by atoms with Crippen LogP contribution in [0, 0.1) is 5.41 Å². The van der Waals surface area contributed by atoms with Crippen LogP contribution in [0.4, 0.5) is 11.6 Å². The van der Waals surface area contributed by atoms with Crippen molar-refractivity contribution < 1.29 is 4.74 Å². The van der Waals surface area contributed by atoms with Gasteiger partial charge in [0.25, 0.3) is 0 Å². The Balaban J connectivity index is 1.55. The number of fused-ring (bicyclic) bond motifs is 3. The van der Waals surface area contributed by atoms with E-state index < -0.39 is 0 Å². The highest BCUT2D eigenvalue weighted by atomic mass is 16.5. The van der Waals surface area contributed by atoms with E-state index in [1.165, 1.54) is 0 Å². The highest BCUT2D eigenvalue weighted by Gasteiger charge is 2.27. The summed E-state index contributed by atoms with van der Waals surface area (Å²) in [4.78, 5) is 20.3. The van der Waals surface area contributed by atoms with Gasteiger partial charge in [-0.25, -0.2) is 4.98 Å². The van der Waals surface area contributed by atoms with Gasteiger partial charge in [0.2, 0.25) is 11.5 Å². The normalized spacial score (nSPS) is 15.3. The molecule has 0 atom stereocenters. The molecule has 6 rings (SSSR count). The topological polar surface area (TPSA) is 117 Å². The lowest BCUT2D eigenvalue weighted by atomic mass is 10.00. The Bertz CT molecular complexity index is 1380. The minimum absolute atomic E-state index is 0.0333. The number of nitrogens with one attached hydrogen (secondary N) is 3. The molecule has 10 heteroatoms. The van der Waals surface area contributed by atoms with Crippen molar-refractivity contribution in [3.05, 3.63) is 48.3 Å². The van der Waals surface area contributed by atoms with Gasteiger partial charge in [-0.2, -0.15) is 9.97 Å². The van der Waals surface area contributed by atoms with Crippen LogP contribution >= 0.6 is 0 Å². The molecule has 3 N–H and O–H groups in total. The van der Waals surface area contributed by atoms with Crippen LogP contribution in [0.25, 0.3) is 33.8 Å². The summed E-state index contributed by atoms with van der Waals surface area (Å²) in [7, 11) is 1.62. The fourth-order valence-corrected chi connectivity index (χ4v) is 4.75. The summed E-state index contributed by atoms with van der Waals surface area (Å²) in [5.41, 5.74) is 4.30. The molecule has 4 aliphatic heterocycles. The van der Waals surface area contributed by atoms with Crippen molar-refractivity contribution >= 4 is 11.6 Å². The second-order valence-electron chi connectivity index (χ2n) is 8.32. The average molecular weight is 456 g/mol. The summed E-state index contributed by atoms with van der Waals surface area (Å²) in [6.45, 7) is 5.21. The summed E-state index contributed by atoms with van der Waals surface area (Å²) >= 11 is 0. The molecule has 0 bridgehead atoms. The van der Waals surface area contributed by atoms with Crippen molar-refractivity contribution in [3.63, 3.8) is 0 Å². The van der Waals surface area contributed by atoms with Gasteiger partial charge in [0, 0.05) is 62.8 Å². The van der Waals surface area contributed by atoms with Crippen LogP contribution in [-0.4, -0.2) is 64.3 Å². The van der Waals surface area contributed by atoms with Crippen molar-refractivity contribution in [1.82, 2.24) is 29.8 Å². The van der Waals surface area contributed by atoms with Crippen molar-refractivity contribution in [2.75, 3.05) is 50.1 Å². The molecule has 10 nitrogen and oxygen atoms in total. The van der Waals surface area contributed by atoms with Gasteiger partial charge < -0.3 is 24.8 Å². The van der Waals surface area contributed by atoms with Crippen LogP contribution in [0.3, 0.4) is 0 Å². The van der Waals surface area contributed by atoms with Gasteiger partial charge in [-0.05, 0) is 35.9 Å². The SMILES string of the molecule is COc1nc(N2CCNCC2)ccc1-c1nc(=N)nc2n3c(c(-c4ccncc4)cc1-2)NCC3. The first-order valence-corrected chi connectivity index (χ1v) is 11.4. The zero-order valence-corrected chi connectivity index (χ0v) is 18.9. The maximum atomic E-state index is 8.34. The monoisotopic (exact) mass is 455 g/mol. The van der Waals surface area contributed by atoms with Crippen LogP contribution in [0.1, 0.15) is 0 Å². The second kappa shape index (κ2) is 8.38. The average Bonchev–Trinajstić information content (AvgIpc) is 3.39. The predicted octanol–water partition coefficient (Wildman–Crippen LogP) is 1.83. The number of piperazine rings is 1. The Morgan fingerprint density at radius 3 is 2.53 bits per heavy atom. The quantitative estimate of drug-likeness (QED) is 0.427. The Kier molecular flexibility index (Phi) is 5.06. The van der Waals surface area contributed by atoms with Crippen LogP contribution in [0.15, 0.2) is 42.7 Å². The molecular weight excluding hydrogens is 430 g/mol. The van der Waals surface area contributed by atoms with E-state index in [1.54, 1.807) is 19.5 Å². The molecule has 0 radical (unpaired) electrons. The summed E-state index contributed by atoms with van der Waals surface area (Å²) in [5.74, 6) is 3.08. The highest BCUT2D eigenvalue weighted by Crippen LogP contribution is 2.41. The molecule has 2 aromatic heterocycles. The molecule has 0 saturated carbocycles. The zero-order valence-electron chi connectivity index (χ0n) is 18.9. The third-order valence-electron chi connectivity index (χ3n) is 6.35. The minimum atomic E-state index is -0.0333. The number of aromatic nitrogens is 5. The van der Waals surface area contributed by atoms with E-state index in [9.17, 15) is 0 Å². The van der Waals surface area contributed by atoms with Crippen molar-refractivity contribution in [3.8, 4) is 39.7 Å². The molecular formula is C24H25N9O. The lowest BCUT2D eigenvalue weighted by Crippen LogP contribution is -2.43. The molecule has 4 aliphatic rings. The Labute approximate surface area is 196 Å². The van der Waals surface area contributed by atoms with Crippen LogP contribution in [-0.2, 0) is 6.54 Å². The fraction of sp³-hybridized carbons (Fsp3) is 0.292. The van der Waals surface area contributed by atoms with Crippen LogP contribution < -0.4 is 25.9 Å². The minimum Gasteiger partial charge on any atom is -0.480 e. The summed E-state index contributed by atoms with van der Waals surface area (Å²) in [6, 6.07) is 10.1. The molecule has 2 aromatic rings. The smallest absolute Gasteiger partial charge is 0.244 e. The maximum Gasteiger partial charge on any atom is 0.244 e. The van der Waals surface area contributed by atoms with Gasteiger partial charge >= 0.3 is 0 Å². The molecule has 0 aromatic carbocycles. The van der Waals surface area contributed by atoms with E-state index in [1.807, 2.05) is 24.3 Å². The van der Waals surface area contributed by atoms with E-state index in [0.29, 0.717) is 11.6 Å². The van der Waals surface area contributed by atoms with Gasteiger partial charge in [-0.1, -0.05) is 0 Å². The largest absolute Gasteiger partial charge is 0.480 e. The number of hydrogen-bond acceptors (Lipinski definition) is 9. The van der Waals surface area contributed by atoms with E-state index in [0.717, 1.165) is 79.0 Å². The number of ether oxygens (including phenoxy) is 1. The molecule has 1 fully saturated rings. The zero-order chi connectivity index (χ0) is 23.1. The fourth-order valence-electron chi connectivity index (χ4n) is 4.75. The first-order chi connectivity index (χ1) is 16.7. The number of nitrogens with zero attached hydrogens (tertiary/aromatic N) is 6. The Morgan fingerprint density at radius 2 is 1.74 bits per heavy atom. The van der Waals surface area contributed by atoms with Crippen LogP contribution in [0.2, 0.25) is 0 Å². The van der Waals surface area contributed by atoms with Gasteiger partial charge in [0.15, 0.2) is 0 Å². The second-order valence-corrected chi connectivity index (χ2v) is 8.32. The lowest BCUT2D eigenvalue weighted by Gasteiger charge is -2.28. The first kappa shape index (κ1) is 20.5. The molecule has 0 aliphatic carbocycles. The van der Waals surface area contributed by atoms with Gasteiger partial charge in [0.1, 0.15) is 17.5 Å². The Hall–Kier alpha value is -4.05. The number of methoxy groups -OCH3 is 1. The third-order valence-corrected chi connectivity index (χ3v) is 6.35. The molecule has 34 heavy (non-hydrogen) atoms. The molecule has 172 valence electrons. The third kappa shape index (κ3) is 3.43. The standard InChI is InChI=1S/C24H25N9O/c1-34-23-16(2-3-19(29-23)32-11-8-27-9-12-32)20-18-14-17(15-4-6-26-7-5-15)21-28-10-13-33(21)22(18)31-24(25)30-20/h2-7,14,25,27-28H,8-13H2,1H3. The summed E-state index contributed by atoms with van der Waals surface area (Å²) < 4.78 is 7.85. The van der Waals surface area contributed by atoms with E-state index in [2.05, 4.69) is 41.1 Å². The predicted molar refractivity (Wildman–Crippen MR) is 129 cm³/mol. The van der Waals surface area contributed by atoms with Gasteiger partial charge in [-0.15, -0.1) is 0 Å². The molecule has 6 heterocycles. The number of hydrogen-bond donors (Lipinski definition) is 3. The highest BCUT2D eigenvalue weighted by molar-refractivity contribution is 5.88. The Morgan fingerprint density at radius 1 is 0.912 bits per heavy atom. The lowest BCUT2D eigenvalue weighted by molar-refractivity contribution is 0.399. The van der Waals surface area contributed by atoms with Crippen molar-refractivity contribution in [1.29, 1.82) is 5.41 Å². The number of pyridine rings is 3.